The predicted octanol–water partition coefficient (Wildman–Crippen LogP) is 2.79. The molecular formula is C19H18F3N5O3S. The highest BCUT2D eigenvalue weighted by molar-refractivity contribution is 7.83. The van der Waals surface area contributed by atoms with Crippen molar-refractivity contribution >= 4 is 34.4 Å². The van der Waals surface area contributed by atoms with Gasteiger partial charge in [-0.3, -0.25) is 4.79 Å². The maximum atomic E-state index is 13.7. The number of carbonyl (C=O) groups excluding carboxylic acids is 1. The first-order chi connectivity index (χ1) is 14.6. The normalized spacial score (nSPS) is 16.9. The number of nitrogens with one attached hydrogen (secondary N) is 2. The lowest BCUT2D eigenvalue weighted by molar-refractivity contribution is -0.153. The molecule has 0 bridgehead atoms. The Balaban J connectivity index is 1.89. The van der Waals surface area contributed by atoms with Crippen LogP contribution in [0.25, 0.3) is 0 Å². The predicted molar refractivity (Wildman–Crippen MR) is 111 cm³/mol. The van der Waals surface area contributed by atoms with E-state index in [9.17, 15) is 27.3 Å². The Bertz CT molecular complexity index is 1070. The lowest BCUT2D eigenvalue weighted by Gasteiger charge is -2.23. The Morgan fingerprint density at radius 3 is 2.32 bits per heavy atom. The van der Waals surface area contributed by atoms with Crippen molar-refractivity contribution in [3.05, 3.63) is 59.7 Å². The van der Waals surface area contributed by atoms with Crippen molar-refractivity contribution in [1.82, 2.24) is 10.2 Å². The maximum absolute atomic E-state index is 13.7. The lowest BCUT2D eigenvalue weighted by atomic mass is 10.1. The number of hydrogen-bond acceptors (Lipinski definition) is 5. The van der Waals surface area contributed by atoms with E-state index in [1.807, 2.05) is 0 Å². The van der Waals surface area contributed by atoms with Crippen LogP contribution in [0.5, 0.6) is 5.75 Å². The third-order valence-electron chi connectivity index (χ3n) is 4.23. The minimum atomic E-state index is -4.68. The first-order valence-electron chi connectivity index (χ1n) is 8.86. The zero-order chi connectivity index (χ0) is 22.8. The van der Waals surface area contributed by atoms with Gasteiger partial charge in [0.1, 0.15) is 6.04 Å². The summed E-state index contributed by atoms with van der Waals surface area (Å²) in [6, 6.07) is 9.21. The number of phenolic OH excluding ortho intramolecular Hbond substituents is 1. The average molecular weight is 453 g/mol. The molecule has 1 amide bonds. The van der Waals surface area contributed by atoms with Crippen molar-refractivity contribution in [3.63, 3.8) is 0 Å². The van der Waals surface area contributed by atoms with Gasteiger partial charge < -0.3 is 20.6 Å². The number of benzene rings is 2. The van der Waals surface area contributed by atoms with Crippen molar-refractivity contribution < 1.29 is 27.3 Å². The summed E-state index contributed by atoms with van der Waals surface area (Å²) >= 11 is -2.16. The number of nitrogens with zero attached hydrogens (tertiary/aromatic N) is 3. The van der Waals surface area contributed by atoms with E-state index in [-0.39, 0.29) is 22.6 Å². The molecule has 31 heavy (non-hydrogen) atoms. The van der Waals surface area contributed by atoms with Crippen LogP contribution in [0.2, 0.25) is 0 Å². The molecule has 8 nitrogen and oxygen atoms in total. The van der Waals surface area contributed by atoms with Crippen molar-refractivity contribution in [3.8, 4) is 5.75 Å². The summed E-state index contributed by atoms with van der Waals surface area (Å²) in [4.78, 5) is 13.4. The molecule has 1 aliphatic rings. The van der Waals surface area contributed by atoms with Gasteiger partial charge in [-0.2, -0.15) is 13.2 Å². The van der Waals surface area contributed by atoms with Gasteiger partial charge in [0.25, 0.3) is 17.1 Å². The fourth-order valence-electron chi connectivity index (χ4n) is 2.76. The van der Waals surface area contributed by atoms with Crippen LogP contribution in [0, 0.1) is 0 Å². The summed E-state index contributed by atoms with van der Waals surface area (Å²) in [5, 5.41) is 15.3. The zero-order valence-corrected chi connectivity index (χ0v) is 17.2. The second kappa shape index (κ2) is 8.76. The van der Waals surface area contributed by atoms with E-state index >= 15 is 0 Å². The Kier molecular flexibility index (Phi) is 6.29. The van der Waals surface area contributed by atoms with Crippen LogP contribution in [-0.4, -0.2) is 52.1 Å². The molecule has 1 heterocycles. The molecule has 0 radical (unpaired) electrons. The smallest absolute Gasteiger partial charge is 0.412 e. The summed E-state index contributed by atoms with van der Waals surface area (Å²) in [5.74, 6) is -1.58. The van der Waals surface area contributed by atoms with Crippen LogP contribution in [0.4, 0.5) is 18.9 Å². The number of rotatable bonds is 4. The number of amidine groups is 2. The Morgan fingerprint density at radius 2 is 1.71 bits per heavy atom. The summed E-state index contributed by atoms with van der Waals surface area (Å²) in [7, 11) is 3.00. The van der Waals surface area contributed by atoms with E-state index in [2.05, 4.69) is 19.4 Å². The number of carbonyl (C=O) groups is 1. The minimum Gasteiger partial charge on any atom is -0.505 e. The van der Waals surface area contributed by atoms with E-state index < -0.39 is 40.9 Å². The molecule has 0 fully saturated rings. The Morgan fingerprint density at radius 1 is 1.06 bits per heavy atom. The Labute approximate surface area is 178 Å². The second-order valence-electron chi connectivity index (χ2n) is 6.67. The van der Waals surface area contributed by atoms with Crippen LogP contribution in [0.15, 0.2) is 57.3 Å². The standard InChI is InChI=1S/C19H18F3N5O3S/c1-27(2)18(29)12-9-6-10-13(14(12)28)23-16-17(26-31(30)25-16)24-15(19(20,21)22)11-7-4-3-5-8-11/h3-10,15,28H,1-2H3,(H,23,25)(H,24,26)/t15-,31?/m0/s1. The van der Waals surface area contributed by atoms with Crippen molar-refractivity contribution in [2.75, 3.05) is 19.4 Å². The van der Waals surface area contributed by atoms with Gasteiger partial charge in [-0.15, -0.1) is 8.80 Å². The van der Waals surface area contributed by atoms with Gasteiger partial charge in [0.05, 0.1) is 11.3 Å². The number of aromatic hydroxyl groups is 1. The topological polar surface area (TPSA) is 106 Å². The molecule has 12 heteroatoms. The quantitative estimate of drug-likeness (QED) is 0.618. The number of alkyl halides is 3. The number of para-hydroxylation sites is 1. The molecule has 2 atom stereocenters. The van der Waals surface area contributed by atoms with Crippen LogP contribution >= 0.6 is 0 Å². The van der Waals surface area contributed by atoms with Gasteiger partial charge in [0, 0.05) is 14.1 Å². The number of phenols is 1. The fourth-order valence-corrected chi connectivity index (χ4v) is 3.39. The molecule has 1 aliphatic heterocycles. The van der Waals surface area contributed by atoms with Gasteiger partial charge in [0.2, 0.25) is 0 Å². The third kappa shape index (κ3) is 5.02. The number of anilines is 1. The molecule has 0 saturated carbocycles. The number of hydrogen-bond donors (Lipinski definition) is 3. The molecule has 0 spiro atoms. The molecule has 1 unspecified atom stereocenters. The minimum absolute atomic E-state index is 0.0110. The first-order valence-corrected chi connectivity index (χ1v) is 9.93. The number of amides is 1. The van der Waals surface area contributed by atoms with Crippen LogP contribution in [-0.2, 0) is 11.2 Å². The molecule has 0 aromatic heterocycles. The molecule has 3 N–H and O–H groups in total. The van der Waals surface area contributed by atoms with Gasteiger partial charge >= 0.3 is 6.18 Å². The third-order valence-corrected chi connectivity index (χ3v) is 4.91. The largest absolute Gasteiger partial charge is 0.505 e. The van der Waals surface area contributed by atoms with Crippen LogP contribution in [0.1, 0.15) is 22.0 Å². The second-order valence-corrected chi connectivity index (χ2v) is 7.49. The summed E-state index contributed by atoms with van der Waals surface area (Å²) in [6.45, 7) is 0. The van der Waals surface area contributed by atoms with E-state index in [1.54, 1.807) is 6.07 Å². The van der Waals surface area contributed by atoms with Crippen LogP contribution < -0.4 is 10.6 Å². The van der Waals surface area contributed by atoms with E-state index in [1.165, 1.54) is 61.5 Å². The highest BCUT2D eigenvalue weighted by atomic mass is 32.2. The maximum Gasteiger partial charge on any atom is 0.412 e. The molecule has 0 saturated heterocycles. The monoisotopic (exact) mass is 453 g/mol. The van der Waals surface area contributed by atoms with Crippen molar-refractivity contribution in [2.24, 2.45) is 8.80 Å². The van der Waals surface area contributed by atoms with Crippen molar-refractivity contribution in [2.45, 2.75) is 12.2 Å². The van der Waals surface area contributed by atoms with E-state index in [0.717, 1.165) is 0 Å². The molecule has 3 rings (SSSR count). The van der Waals surface area contributed by atoms with Gasteiger partial charge in [0.15, 0.2) is 17.4 Å². The number of halogens is 3. The molecule has 2 aromatic rings. The SMILES string of the molecule is CN(C)C(=O)c1cccc(NC2=NS(=O)N=C2N[C@@H](c2ccccc2)C(F)(F)F)c1O. The Hall–Kier alpha value is -3.41. The molecule has 2 aromatic carbocycles. The van der Waals surface area contributed by atoms with Gasteiger partial charge in [-0.1, -0.05) is 36.4 Å². The average Bonchev–Trinajstić information content (AvgIpc) is 3.05. The first kappa shape index (κ1) is 22.3. The van der Waals surface area contributed by atoms with Crippen LogP contribution in [0.3, 0.4) is 0 Å². The van der Waals surface area contributed by atoms with E-state index in [4.69, 9.17) is 0 Å². The fraction of sp³-hybridized carbons (Fsp3) is 0.211. The summed E-state index contributed by atoms with van der Waals surface area (Å²) in [6.07, 6.45) is -4.68. The molecule has 0 aliphatic carbocycles. The molecular weight excluding hydrogens is 435 g/mol. The van der Waals surface area contributed by atoms with Gasteiger partial charge in [-0.05, 0) is 17.7 Å². The highest BCUT2D eigenvalue weighted by Crippen LogP contribution is 2.33. The van der Waals surface area contributed by atoms with Gasteiger partial charge in [-0.25, -0.2) is 4.21 Å². The van der Waals surface area contributed by atoms with E-state index in [0.29, 0.717) is 0 Å². The summed E-state index contributed by atoms with van der Waals surface area (Å²) in [5.41, 5.74) is -0.113. The highest BCUT2D eigenvalue weighted by Gasteiger charge is 2.42. The van der Waals surface area contributed by atoms with Crippen molar-refractivity contribution in [1.29, 1.82) is 0 Å². The zero-order valence-electron chi connectivity index (χ0n) is 16.3. The lowest BCUT2D eigenvalue weighted by Crippen LogP contribution is -2.42. The summed E-state index contributed by atoms with van der Waals surface area (Å²) < 4.78 is 60.1. The molecule has 164 valence electrons.